The molecular formula is C13H28N2OS. The second-order valence-corrected chi connectivity index (χ2v) is 6.35. The average molecular weight is 260 g/mol. The molecule has 102 valence electrons. The van der Waals surface area contributed by atoms with E-state index in [2.05, 4.69) is 19.2 Å². The lowest BCUT2D eigenvalue weighted by Crippen LogP contribution is -2.53. The first-order valence-electron chi connectivity index (χ1n) is 6.55. The number of hydrogen-bond donors (Lipinski definition) is 2. The normalized spacial score (nSPS) is 14.9. The minimum absolute atomic E-state index is 0.244. The first-order valence-corrected chi connectivity index (χ1v) is 7.70. The van der Waals surface area contributed by atoms with Gasteiger partial charge in [-0.25, -0.2) is 0 Å². The molecule has 0 aromatic heterocycles. The zero-order valence-electron chi connectivity index (χ0n) is 11.7. The van der Waals surface area contributed by atoms with E-state index in [0.29, 0.717) is 0 Å². The molecule has 0 aromatic rings. The fraction of sp³-hybridized carbons (Fsp3) is 0.923. The molecule has 0 saturated carbocycles. The maximum absolute atomic E-state index is 11.4. The quantitative estimate of drug-likeness (QED) is 0.593. The second kappa shape index (κ2) is 8.81. The van der Waals surface area contributed by atoms with Crippen LogP contribution in [-0.4, -0.2) is 29.5 Å². The number of likely N-dealkylation sites (N-methyl/N-ethyl adjacent to an activating group) is 1. The number of thioether (sulfide) groups is 1. The molecule has 0 saturated heterocycles. The summed E-state index contributed by atoms with van der Waals surface area (Å²) in [6.45, 7) is 9.17. The molecular weight excluding hydrogens is 232 g/mol. The Hall–Kier alpha value is -0.220. The van der Waals surface area contributed by atoms with Crippen molar-refractivity contribution in [2.75, 3.05) is 18.1 Å². The molecule has 1 unspecified atom stereocenters. The standard InChI is InChI=1S/C13H28N2OS/c1-5-15-13(4,12(14)16)8-6-9-17-10-7-11(2)3/h11,15H,5-10H2,1-4H3,(H2,14,16). The van der Waals surface area contributed by atoms with E-state index in [4.69, 9.17) is 5.73 Å². The van der Waals surface area contributed by atoms with Gasteiger partial charge in [-0.3, -0.25) is 4.79 Å². The van der Waals surface area contributed by atoms with Crippen LogP contribution in [0.1, 0.15) is 47.0 Å². The summed E-state index contributed by atoms with van der Waals surface area (Å²) in [7, 11) is 0. The Balaban J connectivity index is 3.73. The molecule has 0 spiro atoms. The molecule has 0 aliphatic heterocycles. The van der Waals surface area contributed by atoms with Crippen LogP contribution >= 0.6 is 11.8 Å². The molecule has 0 aliphatic carbocycles. The summed E-state index contributed by atoms with van der Waals surface area (Å²) in [6.07, 6.45) is 3.13. The highest BCUT2D eigenvalue weighted by molar-refractivity contribution is 7.99. The van der Waals surface area contributed by atoms with Gasteiger partial charge in [0.05, 0.1) is 5.54 Å². The third-order valence-electron chi connectivity index (χ3n) is 2.92. The maximum atomic E-state index is 11.4. The Kier molecular flexibility index (Phi) is 8.70. The largest absolute Gasteiger partial charge is 0.368 e. The van der Waals surface area contributed by atoms with Gasteiger partial charge < -0.3 is 11.1 Å². The van der Waals surface area contributed by atoms with Crippen molar-refractivity contribution in [2.45, 2.75) is 52.5 Å². The van der Waals surface area contributed by atoms with E-state index >= 15 is 0 Å². The van der Waals surface area contributed by atoms with Gasteiger partial charge in [0.15, 0.2) is 0 Å². The van der Waals surface area contributed by atoms with Crippen LogP contribution in [0.25, 0.3) is 0 Å². The molecule has 0 aromatic carbocycles. The summed E-state index contributed by atoms with van der Waals surface area (Å²) < 4.78 is 0. The van der Waals surface area contributed by atoms with Crippen molar-refractivity contribution in [3.63, 3.8) is 0 Å². The van der Waals surface area contributed by atoms with Crippen LogP contribution in [-0.2, 0) is 4.79 Å². The summed E-state index contributed by atoms with van der Waals surface area (Å²) in [5, 5.41) is 3.18. The van der Waals surface area contributed by atoms with E-state index in [0.717, 1.165) is 31.1 Å². The predicted octanol–water partition coefficient (Wildman–Crippen LogP) is 2.40. The fourth-order valence-corrected chi connectivity index (χ4v) is 2.83. The molecule has 1 amide bonds. The van der Waals surface area contributed by atoms with Gasteiger partial charge in [-0.1, -0.05) is 20.8 Å². The molecule has 3 N–H and O–H groups in total. The number of primary amides is 1. The van der Waals surface area contributed by atoms with Gasteiger partial charge >= 0.3 is 0 Å². The van der Waals surface area contributed by atoms with Crippen molar-refractivity contribution in [1.82, 2.24) is 5.32 Å². The monoisotopic (exact) mass is 260 g/mol. The van der Waals surface area contributed by atoms with Crippen molar-refractivity contribution in [2.24, 2.45) is 11.7 Å². The van der Waals surface area contributed by atoms with Crippen LogP contribution in [0.5, 0.6) is 0 Å². The predicted molar refractivity (Wildman–Crippen MR) is 77.3 cm³/mol. The molecule has 0 rings (SSSR count). The van der Waals surface area contributed by atoms with Gasteiger partial charge in [0.2, 0.25) is 5.91 Å². The highest BCUT2D eigenvalue weighted by Gasteiger charge is 2.28. The van der Waals surface area contributed by atoms with E-state index in [1.807, 2.05) is 25.6 Å². The number of hydrogen-bond acceptors (Lipinski definition) is 3. The lowest BCUT2D eigenvalue weighted by Gasteiger charge is -2.26. The number of nitrogens with one attached hydrogen (secondary N) is 1. The van der Waals surface area contributed by atoms with Crippen molar-refractivity contribution in [3.8, 4) is 0 Å². The van der Waals surface area contributed by atoms with Crippen molar-refractivity contribution >= 4 is 17.7 Å². The van der Waals surface area contributed by atoms with Gasteiger partial charge in [0, 0.05) is 0 Å². The van der Waals surface area contributed by atoms with E-state index in [1.165, 1.54) is 12.2 Å². The van der Waals surface area contributed by atoms with Crippen LogP contribution in [0.4, 0.5) is 0 Å². The lowest BCUT2D eigenvalue weighted by atomic mass is 9.95. The Labute approximate surface area is 110 Å². The van der Waals surface area contributed by atoms with E-state index in [9.17, 15) is 4.79 Å². The van der Waals surface area contributed by atoms with Gasteiger partial charge in [-0.15, -0.1) is 0 Å². The molecule has 3 nitrogen and oxygen atoms in total. The van der Waals surface area contributed by atoms with Crippen LogP contribution in [0, 0.1) is 5.92 Å². The molecule has 0 aliphatic rings. The van der Waals surface area contributed by atoms with Gasteiger partial charge in [-0.05, 0) is 50.2 Å². The smallest absolute Gasteiger partial charge is 0.237 e. The first kappa shape index (κ1) is 16.8. The molecule has 17 heavy (non-hydrogen) atoms. The Morgan fingerprint density at radius 2 is 2.06 bits per heavy atom. The molecule has 0 radical (unpaired) electrons. The maximum Gasteiger partial charge on any atom is 0.237 e. The lowest BCUT2D eigenvalue weighted by molar-refractivity contribution is -0.124. The summed E-state index contributed by atoms with van der Waals surface area (Å²) in [5.74, 6) is 2.86. The molecule has 0 bridgehead atoms. The third-order valence-corrected chi connectivity index (χ3v) is 4.02. The van der Waals surface area contributed by atoms with Gasteiger partial charge in [0.25, 0.3) is 0 Å². The van der Waals surface area contributed by atoms with Crippen molar-refractivity contribution in [1.29, 1.82) is 0 Å². The van der Waals surface area contributed by atoms with Crippen LogP contribution in [0.3, 0.4) is 0 Å². The Morgan fingerprint density at radius 1 is 1.41 bits per heavy atom. The average Bonchev–Trinajstić information content (AvgIpc) is 2.23. The van der Waals surface area contributed by atoms with E-state index < -0.39 is 5.54 Å². The second-order valence-electron chi connectivity index (χ2n) is 5.13. The summed E-state index contributed by atoms with van der Waals surface area (Å²) >= 11 is 1.97. The third kappa shape index (κ3) is 7.66. The van der Waals surface area contributed by atoms with Crippen LogP contribution in [0.15, 0.2) is 0 Å². The number of amides is 1. The van der Waals surface area contributed by atoms with Gasteiger partial charge in [-0.2, -0.15) is 11.8 Å². The Bertz CT molecular complexity index is 221. The number of nitrogens with two attached hydrogens (primary N) is 1. The summed E-state index contributed by atoms with van der Waals surface area (Å²) in [6, 6.07) is 0. The van der Waals surface area contributed by atoms with Crippen molar-refractivity contribution < 1.29 is 4.79 Å². The Morgan fingerprint density at radius 3 is 2.53 bits per heavy atom. The highest BCUT2D eigenvalue weighted by atomic mass is 32.2. The summed E-state index contributed by atoms with van der Waals surface area (Å²) in [5.41, 5.74) is 4.90. The molecule has 0 heterocycles. The minimum atomic E-state index is -0.534. The van der Waals surface area contributed by atoms with Crippen LogP contribution < -0.4 is 11.1 Å². The topological polar surface area (TPSA) is 55.1 Å². The zero-order chi connectivity index (χ0) is 13.3. The zero-order valence-corrected chi connectivity index (χ0v) is 12.5. The number of rotatable bonds is 10. The highest BCUT2D eigenvalue weighted by Crippen LogP contribution is 2.16. The number of carbonyl (C=O) groups excluding carboxylic acids is 1. The molecule has 4 heteroatoms. The van der Waals surface area contributed by atoms with E-state index in [1.54, 1.807) is 0 Å². The molecule has 1 atom stereocenters. The SMILES string of the molecule is CCNC(C)(CCCSCCC(C)C)C(N)=O. The van der Waals surface area contributed by atoms with Crippen LogP contribution in [0.2, 0.25) is 0 Å². The first-order chi connectivity index (χ1) is 7.92. The molecule has 0 fully saturated rings. The minimum Gasteiger partial charge on any atom is -0.368 e. The van der Waals surface area contributed by atoms with Gasteiger partial charge in [0.1, 0.15) is 0 Å². The van der Waals surface area contributed by atoms with E-state index in [-0.39, 0.29) is 5.91 Å². The fourth-order valence-electron chi connectivity index (χ4n) is 1.64. The summed E-state index contributed by atoms with van der Waals surface area (Å²) in [4.78, 5) is 11.4. The van der Waals surface area contributed by atoms with Crippen molar-refractivity contribution in [3.05, 3.63) is 0 Å². The number of carbonyl (C=O) groups is 1.